The van der Waals surface area contributed by atoms with Crippen molar-refractivity contribution in [1.29, 1.82) is 0 Å². The first kappa shape index (κ1) is 18.8. The molecule has 6 heteroatoms. The van der Waals surface area contributed by atoms with Gasteiger partial charge in [-0.2, -0.15) is 0 Å². The third kappa shape index (κ3) is 5.80. The van der Waals surface area contributed by atoms with Crippen molar-refractivity contribution in [3.05, 3.63) is 23.9 Å². The van der Waals surface area contributed by atoms with E-state index in [4.69, 9.17) is 4.74 Å². The van der Waals surface area contributed by atoms with Crippen LogP contribution < -0.4 is 5.32 Å². The molecule has 0 unspecified atom stereocenters. The van der Waals surface area contributed by atoms with E-state index in [2.05, 4.69) is 20.4 Å². The molecule has 0 radical (unpaired) electrons. The van der Waals surface area contributed by atoms with E-state index in [1.54, 1.807) is 13.0 Å². The molecule has 2 heterocycles. The Bertz CT molecular complexity index is 596. The fourth-order valence-corrected chi connectivity index (χ4v) is 3.91. The van der Waals surface area contributed by atoms with Crippen molar-refractivity contribution >= 4 is 17.9 Å². The summed E-state index contributed by atoms with van der Waals surface area (Å²) in [6.07, 6.45) is 11.2. The van der Waals surface area contributed by atoms with Gasteiger partial charge in [0.1, 0.15) is 5.82 Å². The number of rotatable bonds is 7. The van der Waals surface area contributed by atoms with Crippen molar-refractivity contribution in [1.82, 2.24) is 15.1 Å². The molecule has 142 valence electrons. The summed E-state index contributed by atoms with van der Waals surface area (Å²) in [7, 11) is 0. The molecule has 26 heavy (non-hydrogen) atoms. The first-order valence-corrected chi connectivity index (χ1v) is 9.90. The van der Waals surface area contributed by atoms with Crippen molar-refractivity contribution in [2.24, 2.45) is 5.92 Å². The second-order valence-corrected chi connectivity index (χ2v) is 7.32. The number of anilines is 1. The van der Waals surface area contributed by atoms with Crippen LogP contribution in [0.2, 0.25) is 0 Å². The Morgan fingerprint density at radius 2 is 2.12 bits per heavy atom. The van der Waals surface area contributed by atoms with Crippen molar-refractivity contribution in [2.45, 2.75) is 51.5 Å². The Morgan fingerprint density at radius 1 is 1.27 bits per heavy atom. The molecule has 1 saturated heterocycles. The highest BCUT2D eigenvalue weighted by Crippen LogP contribution is 2.26. The molecule has 0 aromatic carbocycles. The van der Waals surface area contributed by atoms with Crippen molar-refractivity contribution < 1.29 is 9.53 Å². The number of carbonyl (C=O) groups excluding carboxylic acids is 1. The summed E-state index contributed by atoms with van der Waals surface area (Å²) in [5.74, 6) is 1.33. The van der Waals surface area contributed by atoms with E-state index in [9.17, 15) is 4.79 Å². The second-order valence-electron chi connectivity index (χ2n) is 7.32. The molecule has 1 atom stereocenters. The van der Waals surface area contributed by atoms with Gasteiger partial charge in [0.25, 0.3) is 0 Å². The van der Waals surface area contributed by atoms with Gasteiger partial charge >= 0.3 is 5.97 Å². The van der Waals surface area contributed by atoms with E-state index in [-0.39, 0.29) is 5.97 Å². The summed E-state index contributed by atoms with van der Waals surface area (Å²) >= 11 is 0. The number of hydrogen-bond donors (Lipinski definition) is 1. The number of ether oxygens (including phenoxy) is 1. The number of nitrogens with zero attached hydrogens (tertiary/aromatic N) is 3. The van der Waals surface area contributed by atoms with Gasteiger partial charge in [0.15, 0.2) is 0 Å². The average Bonchev–Trinajstić information content (AvgIpc) is 3.09. The summed E-state index contributed by atoms with van der Waals surface area (Å²) in [5.41, 5.74) is 0.647. The van der Waals surface area contributed by atoms with Gasteiger partial charge in [-0.05, 0) is 50.3 Å². The number of nitrogens with one attached hydrogen (secondary N) is 1. The third-order valence-electron chi connectivity index (χ3n) is 5.23. The van der Waals surface area contributed by atoms with Gasteiger partial charge in [-0.3, -0.25) is 0 Å². The molecule has 1 aromatic rings. The first-order valence-electron chi connectivity index (χ1n) is 9.90. The predicted octanol–water partition coefficient (Wildman–Crippen LogP) is 3.12. The van der Waals surface area contributed by atoms with Crippen LogP contribution in [0, 0.1) is 5.92 Å². The summed E-state index contributed by atoms with van der Waals surface area (Å²) in [6, 6.07) is 4.22. The van der Waals surface area contributed by atoms with Crippen LogP contribution in [0.5, 0.6) is 0 Å². The van der Waals surface area contributed by atoms with Crippen LogP contribution in [0.3, 0.4) is 0 Å². The summed E-state index contributed by atoms with van der Waals surface area (Å²) < 4.78 is 4.85. The van der Waals surface area contributed by atoms with Crippen LogP contribution in [0.15, 0.2) is 18.2 Å². The molecular formula is C20H30N4O2. The number of carbonyl (C=O) groups is 1. The lowest BCUT2D eigenvalue weighted by Crippen LogP contribution is -2.31. The molecule has 1 aliphatic heterocycles. The highest BCUT2D eigenvalue weighted by molar-refractivity contribution is 5.86. The standard InChI is InChI=1S/C20H30N4O2/c1-2-26-20(25)11-9-17-8-10-19(23-22-17)21-18-12-13-24(15-18)14-16-6-4-3-5-7-16/h8-11,16,18H,2-7,12-15H2,1H3,(H,21,23)/b11-9+/t18-/m1/s1. The average molecular weight is 358 g/mol. The quantitative estimate of drug-likeness (QED) is 0.597. The minimum absolute atomic E-state index is 0.361. The summed E-state index contributed by atoms with van der Waals surface area (Å²) in [4.78, 5) is 13.9. The fraction of sp³-hybridized carbons (Fsp3) is 0.650. The van der Waals surface area contributed by atoms with Gasteiger partial charge in [-0.25, -0.2) is 4.79 Å². The lowest BCUT2D eigenvalue weighted by atomic mass is 9.89. The molecule has 0 bridgehead atoms. The lowest BCUT2D eigenvalue weighted by molar-refractivity contribution is -0.137. The van der Waals surface area contributed by atoms with E-state index in [0.717, 1.165) is 24.7 Å². The smallest absolute Gasteiger partial charge is 0.330 e. The molecular weight excluding hydrogens is 328 g/mol. The van der Waals surface area contributed by atoms with E-state index in [1.807, 2.05) is 12.1 Å². The summed E-state index contributed by atoms with van der Waals surface area (Å²) in [6.45, 7) is 5.66. The highest BCUT2D eigenvalue weighted by Gasteiger charge is 2.25. The zero-order valence-electron chi connectivity index (χ0n) is 15.7. The zero-order valence-corrected chi connectivity index (χ0v) is 15.7. The van der Waals surface area contributed by atoms with E-state index in [1.165, 1.54) is 51.3 Å². The van der Waals surface area contributed by atoms with Crippen molar-refractivity contribution in [3.63, 3.8) is 0 Å². The molecule has 1 aromatic heterocycles. The molecule has 3 rings (SSSR count). The lowest BCUT2D eigenvalue weighted by Gasteiger charge is -2.26. The molecule has 1 saturated carbocycles. The summed E-state index contributed by atoms with van der Waals surface area (Å²) in [5, 5.41) is 11.9. The largest absolute Gasteiger partial charge is 0.463 e. The van der Waals surface area contributed by atoms with E-state index >= 15 is 0 Å². The van der Waals surface area contributed by atoms with Gasteiger partial charge in [0, 0.05) is 31.8 Å². The second kappa shape index (κ2) is 9.67. The van der Waals surface area contributed by atoms with Crippen molar-refractivity contribution in [3.8, 4) is 0 Å². The van der Waals surface area contributed by atoms with Gasteiger partial charge in [0.05, 0.1) is 12.3 Å². The maximum Gasteiger partial charge on any atom is 0.330 e. The van der Waals surface area contributed by atoms with Crippen LogP contribution in [0.1, 0.15) is 51.1 Å². The number of hydrogen-bond acceptors (Lipinski definition) is 6. The molecule has 6 nitrogen and oxygen atoms in total. The van der Waals surface area contributed by atoms with Crippen LogP contribution in [-0.2, 0) is 9.53 Å². The Kier molecular flexibility index (Phi) is 7.00. The van der Waals surface area contributed by atoms with Crippen LogP contribution in [-0.4, -0.2) is 53.3 Å². The van der Waals surface area contributed by atoms with Crippen LogP contribution >= 0.6 is 0 Å². The highest BCUT2D eigenvalue weighted by atomic mass is 16.5. The van der Waals surface area contributed by atoms with Gasteiger partial charge in [-0.15, -0.1) is 10.2 Å². The van der Waals surface area contributed by atoms with Gasteiger partial charge in [-0.1, -0.05) is 19.3 Å². The topological polar surface area (TPSA) is 67.3 Å². The maximum atomic E-state index is 11.3. The third-order valence-corrected chi connectivity index (χ3v) is 5.23. The molecule has 1 aliphatic carbocycles. The number of likely N-dealkylation sites (tertiary alicyclic amines) is 1. The fourth-order valence-electron chi connectivity index (χ4n) is 3.91. The van der Waals surface area contributed by atoms with Gasteiger partial charge in [0.2, 0.25) is 0 Å². The number of aromatic nitrogens is 2. The molecule has 0 spiro atoms. The Labute approximate surface area is 156 Å². The maximum absolute atomic E-state index is 11.3. The molecule has 2 aliphatic rings. The molecule has 2 fully saturated rings. The normalized spacial score (nSPS) is 22.0. The van der Waals surface area contributed by atoms with Crippen LogP contribution in [0.25, 0.3) is 6.08 Å². The molecule has 0 amide bonds. The monoisotopic (exact) mass is 358 g/mol. The van der Waals surface area contributed by atoms with E-state index in [0.29, 0.717) is 18.3 Å². The van der Waals surface area contributed by atoms with Crippen LogP contribution in [0.4, 0.5) is 5.82 Å². The predicted molar refractivity (Wildman–Crippen MR) is 103 cm³/mol. The van der Waals surface area contributed by atoms with Crippen molar-refractivity contribution in [2.75, 3.05) is 31.6 Å². The zero-order chi connectivity index (χ0) is 18.2. The molecule has 1 N–H and O–H groups in total. The van der Waals surface area contributed by atoms with Gasteiger partial charge < -0.3 is 15.0 Å². The SMILES string of the molecule is CCOC(=O)/C=C/c1ccc(N[C@@H]2CCN(CC3CCCCC3)C2)nn1. The Balaban J connectivity index is 1.43. The Hall–Kier alpha value is -1.95. The minimum atomic E-state index is -0.361. The minimum Gasteiger partial charge on any atom is -0.463 e. The Morgan fingerprint density at radius 3 is 2.85 bits per heavy atom. The van der Waals surface area contributed by atoms with E-state index < -0.39 is 0 Å². The number of esters is 1. The first-order chi connectivity index (χ1) is 12.7.